The second kappa shape index (κ2) is 21.8. The average Bonchev–Trinajstić information content (AvgIpc) is 3.14. The van der Waals surface area contributed by atoms with E-state index < -0.39 is 0 Å². The van der Waals surface area contributed by atoms with Crippen molar-refractivity contribution in [3.8, 4) is 22.5 Å². The van der Waals surface area contributed by atoms with Crippen LogP contribution < -0.4 is 0 Å². The third-order valence-electron chi connectivity index (χ3n) is 10.1. The van der Waals surface area contributed by atoms with Gasteiger partial charge in [-0.1, -0.05) is 111 Å². The molecule has 0 bridgehead atoms. The summed E-state index contributed by atoms with van der Waals surface area (Å²) < 4.78 is 15.9. The monoisotopic (exact) mass is 927 g/mol. The Morgan fingerprint density at radius 3 is 1.57 bits per heavy atom. The first kappa shape index (κ1) is 42.7. The molecule has 1 N–H and O–H groups in total. The number of carbonyl (C=O) groups is 1. The van der Waals surface area contributed by atoms with E-state index in [1.165, 1.54) is 28.3 Å². The van der Waals surface area contributed by atoms with Crippen LogP contribution in [0.2, 0.25) is 0 Å². The van der Waals surface area contributed by atoms with Gasteiger partial charge in [-0.3, -0.25) is 4.79 Å². The second-order valence-corrected chi connectivity index (χ2v) is 15.1. The van der Waals surface area contributed by atoms with Crippen LogP contribution in [-0.4, -0.2) is 20.9 Å². The molecule has 0 atom stereocenters. The molecule has 0 fully saturated rings. The average molecular weight is 927 g/mol. The maximum Gasteiger partial charge on any atom is 0.162 e. The zero-order valence-corrected chi connectivity index (χ0v) is 37.5. The van der Waals surface area contributed by atoms with Crippen molar-refractivity contribution < 1.29 is 32.7 Å². The van der Waals surface area contributed by atoms with Gasteiger partial charge < -0.3 is 15.1 Å². The van der Waals surface area contributed by atoms with Gasteiger partial charge in [0, 0.05) is 50.4 Å². The van der Waals surface area contributed by atoms with Gasteiger partial charge in [-0.2, -0.15) is 0 Å². The Morgan fingerprint density at radius 1 is 0.661 bits per heavy atom. The second-order valence-electron chi connectivity index (χ2n) is 15.1. The van der Waals surface area contributed by atoms with E-state index in [1.807, 2.05) is 53.7 Å². The number of fused-ring (bicyclic) bond motifs is 2. The fourth-order valence-corrected chi connectivity index (χ4v) is 6.98. The van der Waals surface area contributed by atoms with Gasteiger partial charge in [0.05, 0.1) is 8.50 Å². The number of aliphatic hydroxyl groups is 1. The molecule has 0 saturated heterocycles. The Bertz CT molecular complexity index is 2310. The first-order valence-electron chi connectivity index (χ1n) is 20.8. The first-order valence-corrected chi connectivity index (χ1v) is 19.8. The number of carbonyl (C=O) groups excluding carboxylic acids is 1. The molecule has 5 heteroatoms. The number of nitrogens with zero attached hydrogens (tertiary/aromatic N) is 2. The number of ketones is 1. The van der Waals surface area contributed by atoms with Gasteiger partial charge >= 0.3 is 0 Å². The molecule has 0 aliphatic heterocycles. The van der Waals surface area contributed by atoms with Crippen LogP contribution in [0.25, 0.3) is 44.1 Å². The minimum atomic E-state index is 0. The molecule has 0 unspecified atom stereocenters. The molecule has 0 saturated carbocycles. The molecule has 0 amide bonds. The zero-order valence-electron chi connectivity index (χ0n) is 37.1. The van der Waals surface area contributed by atoms with Crippen molar-refractivity contribution in [2.75, 3.05) is 0 Å². The molecule has 2 aromatic heterocycles. The van der Waals surface area contributed by atoms with Crippen molar-refractivity contribution in [1.82, 2.24) is 9.97 Å². The molecule has 0 aliphatic carbocycles. The third-order valence-corrected chi connectivity index (χ3v) is 10.1. The van der Waals surface area contributed by atoms with Crippen LogP contribution in [-0.2, 0) is 24.9 Å². The summed E-state index contributed by atoms with van der Waals surface area (Å²) in [7, 11) is 0. The predicted octanol–water partition coefficient (Wildman–Crippen LogP) is 13.9. The summed E-state index contributed by atoms with van der Waals surface area (Å²) in [5, 5.41) is 14.1. The largest absolute Gasteiger partial charge is 0.512 e. The number of allylic oxidation sites excluding steroid dienone is 2. The van der Waals surface area contributed by atoms with E-state index in [0.29, 0.717) is 18.3 Å². The van der Waals surface area contributed by atoms with E-state index in [-0.39, 0.29) is 43.5 Å². The fraction of sp³-hybridized carbons (Fsp3) is 0.353. The Balaban J connectivity index is 0.000000236. The number of aryl methyl sites for hydroxylation is 5. The Kier molecular flexibility index (Phi) is 16.6. The fourth-order valence-electron chi connectivity index (χ4n) is 6.98. The van der Waals surface area contributed by atoms with E-state index in [2.05, 4.69) is 117 Å². The minimum absolute atomic E-state index is 0. The standard InChI is InChI=1S/C20H20N.C18H16N.C13H24O2.Ir/c1-13(2)16-5-6-19-17(12-16)7-8-21-20(19)18-10-14(3)9-15(4)11-18;1-12-4-5-17-15(9-12)6-7-19-18(17)16-10-13(2)8-14(3)11-16;1-5-10(6-2)12(14)9-13(15)11(7-3)8-4;/h5-10,12-13H,1-4H3;4-10H,1-3H3;9-11,14H,5-8H2,1-4H3;/q2*-1;;/b;;12-9-;/i8D;7D;;. The smallest absolute Gasteiger partial charge is 0.162 e. The molecule has 56 heavy (non-hydrogen) atoms. The van der Waals surface area contributed by atoms with Crippen molar-refractivity contribution >= 4 is 27.3 Å². The molecule has 6 aromatic rings. The van der Waals surface area contributed by atoms with Crippen LogP contribution in [0.4, 0.5) is 0 Å². The number of rotatable bonds is 10. The van der Waals surface area contributed by atoms with E-state index in [9.17, 15) is 9.90 Å². The van der Waals surface area contributed by atoms with Crippen LogP contribution in [0.5, 0.6) is 0 Å². The number of pyridine rings is 2. The summed E-state index contributed by atoms with van der Waals surface area (Å²) in [6.45, 7) is 22.7. The molecule has 297 valence electrons. The first-order chi connectivity index (χ1) is 27.1. The van der Waals surface area contributed by atoms with Gasteiger partial charge in [0.2, 0.25) is 0 Å². The molecule has 4 nitrogen and oxygen atoms in total. The Labute approximate surface area is 353 Å². The van der Waals surface area contributed by atoms with Gasteiger partial charge in [-0.05, 0) is 89.2 Å². The number of aromatic nitrogens is 2. The zero-order chi connectivity index (χ0) is 42.0. The molecule has 6 rings (SSSR count). The van der Waals surface area contributed by atoms with Crippen molar-refractivity contribution in [2.45, 2.75) is 108 Å². The summed E-state index contributed by atoms with van der Waals surface area (Å²) in [6, 6.07) is 31.5. The van der Waals surface area contributed by atoms with Gasteiger partial charge in [0.25, 0.3) is 0 Å². The van der Waals surface area contributed by atoms with Gasteiger partial charge in [0.1, 0.15) is 0 Å². The van der Waals surface area contributed by atoms with E-state index >= 15 is 0 Å². The number of aliphatic hydroxyl groups excluding tert-OH is 1. The van der Waals surface area contributed by atoms with Gasteiger partial charge in [0.15, 0.2) is 5.78 Å². The molecular formula is C51H60IrN2O2-2. The number of hydrogen-bond acceptors (Lipinski definition) is 4. The maximum absolute atomic E-state index is 11.7. The van der Waals surface area contributed by atoms with Gasteiger partial charge in [-0.25, -0.2) is 0 Å². The molecule has 0 aliphatic rings. The maximum atomic E-state index is 11.7. The topological polar surface area (TPSA) is 63.1 Å². The summed E-state index contributed by atoms with van der Waals surface area (Å²) in [6.07, 6.45) is 5.50. The van der Waals surface area contributed by atoms with E-state index in [4.69, 9.17) is 2.74 Å². The molecule has 4 aromatic carbocycles. The van der Waals surface area contributed by atoms with Crippen LogP contribution in [0, 0.1) is 58.6 Å². The Morgan fingerprint density at radius 2 is 1.12 bits per heavy atom. The predicted molar refractivity (Wildman–Crippen MR) is 234 cm³/mol. The van der Waals surface area contributed by atoms with Crippen molar-refractivity contribution in [1.29, 1.82) is 0 Å². The van der Waals surface area contributed by atoms with Gasteiger partial charge in [-0.15, -0.1) is 69.8 Å². The quantitative estimate of drug-likeness (QED) is 0.0845. The minimum Gasteiger partial charge on any atom is -0.512 e. The summed E-state index contributed by atoms with van der Waals surface area (Å²) in [4.78, 5) is 20.6. The van der Waals surface area contributed by atoms with Crippen molar-refractivity contribution in [2.24, 2.45) is 11.8 Å². The normalized spacial score (nSPS) is 11.8. The molecule has 0 spiro atoms. The summed E-state index contributed by atoms with van der Waals surface area (Å²) in [5.41, 5.74) is 10.7. The number of benzene rings is 4. The van der Waals surface area contributed by atoms with Crippen LogP contribution in [0.1, 0.15) is 109 Å². The molecule has 2 heterocycles. The van der Waals surface area contributed by atoms with E-state index in [1.54, 1.807) is 0 Å². The van der Waals surface area contributed by atoms with Crippen molar-refractivity contribution in [3.05, 3.63) is 142 Å². The molecule has 1 radical (unpaired) electrons. The van der Waals surface area contributed by atoms with Crippen LogP contribution in [0.15, 0.2) is 97.0 Å². The summed E-state index contributed by atoms with van der Waals surface area (Å²) >= 11 is 0. The van der Waals surface area contributed by atoms with Crippen LogP contribution >= 0.6 is 0 Å². The Hall–Kier alpha value is -4.44. The number of hydrogen-bond donors (Lipinski definition) is 1. The summed E-state index contributed by atoms with van der Waals surface area (Å²) in [5.74, 6) is 1.02. The van der Waals surface area contributed by atoms with Crippen molar-refractivity contribution in [3.63, 3.8) is 0 Å². The third kappa shape index (κ3) is 12.3. The van der Waals surface area contributed by atoms with E-state index in [0.717, 1.165) is 80.9 Å². The van der Waals surface area contributed by atoms with Crippen LogP contribution in [0.3, 0.4) is 0 Å². The SMILES string of the molecule is CCC(CC)C(=O)/C=C(\O)C(CC)CC.[2H]c1cc2cc(C(C)C)ccc2c(-c2[c-]c(C)cc(C)c2)n1.[2H]c1cc2cc(C)ccc2c(-c2[c-]c(C)cc(C)c2)n1.[Ir]. The molecular weight excluding hydrogens is 865 g/mol.